The number of nitrogens with zero attached hydrogens (tertiary/aromatic N) is 1. The SMILES string of the molecule is CC1(CCC(=O)N2CCCC(Nc3ccccc3)C2)CC1. The third-order valence-corrected chi connectivity index (χ3v) is 4.96. The second kappa shape index (κ2) is 6.08. The van der Waals surface area contributed by atoms with Gasteiger partial charge in [-0.25, -0.2) is 0 Å². The highest BCUT2D eigenvalue weighted by Crippen LogP contribution is 2.48. The molecule has 2 aliphatic rings. The molecule has 0 radical (unpaired) electrons. The quantitative estimate of drug-likeness (QED) is 0.895. The zero-order chi connectivity index (χ0) is 14.7. The minimum Gasteiger partial charge on any atom is -0.381 e. The third kappa shape index (κ3) is 3.99. The Balaban J connectivity index is 1.49. The Labute approximate surface area is 127 Å². The van der Waals surface area contributed by atoms with Crippen molar-refractivity contribution < 1.29 is 4.79 Å². The van der Waals surface area contributed by atoms with E-state index in [-0.39, 0.29) is 0 Å². The lowest BCUT2D eigenvalue weighted by Gasteiger charge is -2.34. The van der Waals surface area contributed by atoms with Crippen LogP contribution in [0.4, 0.5) is 5.69 Å². The summed E-state index contributed by atoms with van der Waals surface area (Å²) in [5, 5.41) is 3.56. The van der Waals surface area contributed by atoms with Gasteiger partial charge < -0.3 is 10.2 Å². The first-order valence-corrected chi connectivity index (χ1v) is 8.24. The smallest absolute Gasteiger partial charge is 0.222 e. The number of para-hydroxylation sites is 1. The van der Waals surface area contributed by atoms with Gasteiger partial charge in [0.25, 0.3) is 0 Å². The van der Waals surface area contributed by atoms with Crippen molar-refractivity contribution in [1.82, 2.24) is 4.90 Å². The molecular formula is C18H26N2O. The average Bonchev–Trinajstić information content (AvgIpc) is 3.24. The molecule has 1 unspecified atom stereocenters. The lowest BCUT2D eigenvalue weighted by molar-refractivity contribution is -0.132. The molecule has 0 spiro atoms. The summed E-state index contributed by atoms with van der Waals surface area (Å²) in [6, 6.07) is 10.7. The van der Waals surface area contributed by atoms with Gasteiger partial charge in [-0.3, -0.25) is 4.79 Å². The van der Waals surface area contributed by atoms with Crippen LogP contribution in [0.5, 0.6) is 0 Å². The fourth-order valence-corrected chi connectivity index (χ4v) is 3.12. The van der Waals surface area contributed by atoms with Crippen LogP contribution in [0.15, 0.2) is 30.3 Å². The molecule has 1 aliphatic heterocycles. The Kier molecular flexibility index (Phi) is 4.18. The van der Waals surface area contributed by atoms with Gasteiger partial charge in [-0.15, -0.1) is 0 Å². The molecular weight excluding hydrogens is 260 g/mol. The summed E-state index contributed by atoms with van der Waals surface area (Å²) in [4.78, 5) is 14.4. The van der Waals surface area contributed by atoms with Crippen LogP contribution in [-0.2, 0) is 4.79 Å². The van der Waals surface area contributed by atoms with Crippen molar-refractivity contribution in [3.63, 3.8) is 0 Å². The number of piperidine rings is 1. The van der Waals surface area contributed by atoms with Crippen LogP contribution < -0.4 is 5.32 Å². The Morgan fingerprint density at radius 3 is 2.81 bits per heavy atom. The van der Waals surface area contributed by atoms with Crippen molar-refractivity contribution >= 4 is 11.6 Å². The van der Waals surface area contributed by atoms with Crippen LogP contribution in [0.2, 0.25) is 0 Å². The number of carbonyl (C=O) groups excluding carboxylic acids is 1. The van der Waals surface area contributed by atoms with Crippen LogP contribution in [0, 0.1) is 5.41 Å². The molecule has 0 bridgehead atoms. The Morgan fingerprint density at radius 1 is 1.33 bits per heavy atom. The predicted molar refractivity (Wildman–Crippen MR) is 86.2 cm³/mol. The Bertz CT molecular complexity index is 481. The van der Waals surface area contributed by atoms with E-state index < -0.39 is 0 Å². The molecule has 3 nitrogen and oxygen atoms in total. The molecule has 1 heterocycles. The van der Waals surface area contributed by atoms with Gasteiger partial charge in [-0.05, 0) is 49.7 Å². The molecule has 0 aromatic heterocycles. The number of anilines is 1. The maximum absolute atomic E-state index is 12.4. The maximum atomic E-state index is 12.4. The van der Waals surface area contributed by atoms with Crippen LogP contribution >= 0.6 is 0 Å². The number of likely N-dealkylation sites (tertiary alicyclic amines) is 1. The summed E-state index contributed by atoms with van der Waals surface area (Å²) in [5.74, 6) is 0.350. The minimum atomic E-state index is 0.350. The highest BCUT2D eigenvalue weighted by molar-refractivity contribution is 5.76. The molecule has 21 heavy (non-hydrogen) atoms. The van der Waals surface area contributed by atoms with Gasteiger partial charge in [-0.2, -0.15) is 0 Å². The van der Waals surface area contributed by atoms with E-state index in [1.54, 1.807) is 0 Å². The molecule has 1 saturated carbocycles. The van der Waals surface area contributed by atoms with Crippen LogP contribution in [-0.4, -0.2) is 29.9 Å². The fraction of sp³-hybridized carbons (Fsp3) is 0.611. The number of hydrogen-bond donors (Lipinski definition) is 1. The number of benzene rings is 1. The molecule has 1 atom stereocenters. The fourth-order valence-electron chi connectivity index (χ4n) is 3.12. The third-order valence-electron chi connectivity index (χ3n) is 4.96. The summed E-state index contributed by atoms with van der Waals surface area (Å²) in [6.45, 7) is 4.09. The van der Waals surface area contributed by atoms with E-state index in [9.17, 15) is 4.79 Å². The normalized spacial score (nSPS) is 23.7. The summed E-state index contributed by atoms with van der Waals surface area (Å²) in [5.41, 5.74) is 1.63. The molecule has 1 N–H and O–H groups in total. The lowest BCUT2D eigenvalue weighted by Crippen LogP contribution is -2.45. The second-order valence-corrected chi connectivity index (χ2v) is 7.00. The van der Waals surface area contributed by atoms with Crippen molar-refractivity contribution in [1.29, 1.82) is 0 Å². The number of nitrogens with one attached hydrogen (secondary N) is 1. The molecule has 1 aromatic carbocycles. The van der Waals surface area contributed by atoms with Gasteiger partial charge in [0.2, 0.25) is 5.91 Å². The molecule has 2 fully saturated rings. The topological polar surface area (TPSA) is 32.3 Å². The maximum Gasteiger partial charge on any atom is 0.222 e. The van der Waals surface area contributed by atoms with E-state index in [1.807, 2.05) is 18.2 Å². The van der Waals surface area contributed by atoms with E-state index in [2.05, 4.69) is 29.3 Å². The molecule has 1 aromatic rings. The van der Waals surface area contributed by atoms with Gasteiger partial charge in [0, 0.05) is 31.2 Å². The summed E-state index contributed by atoms with van der Waals surface area (Å²) in [7, 11) is 0. The van der Waals surface area contributed by atoms with Gasteiger partial charge in [0.1, 0.15) is 0 Å². The van der Waals surface area contributed by atoms with Crippen molar-refractivity contribution in [3.05, 3.63) is 30.3 Å². The van der Waals surface area contributed by atoms with E-state index >= 15 is 0 Å². The van der Waals surface area contributed by atoms with Crippen molar-refractivity contribution in [3.8, 4) is 0 Å². The molecule has 1 amide bonds. The van der Waals surface area contributed by atoms with Crippen LogP contribution in [0.25, 0.3) is 0 Å². The molecule has 1 aliphatic carbocycles. The standard InChI is InChI=1S/C18H26N2O/c1-18(11-12-18)10-9-17(21)20-13-5-8-16(14-20)19-15-6-3-2-4-7-15/h2-4,6-7,16,19H,5,8-14H2,1H3. The number of carbonyl (C=O) groups is 1. The monoisotopic (exact) mass is 286 g/mol. The van der Waals surface area contributed by atoms with Crippen molar-refractivity contribution in [2.75, 3.05) is 18.4 Å². The average molecular weight is 286 g/mol. The summed E-state index contributed by atoms with van der Waals surface area (Å²) in [6.07, 6.45) is 6.66. The number of rotatable bonds is 5. The highest BCUT2D eigenvalue weighted by atomic mass is 16.2. The van der Waals surface area contributed by atoms with Crippen LogP contribution in [0.3, 0.4) is 0 Å². The zero-order valence-electron chi connectivity index (χ0n) is 13.0. The van der Waals surface area contributed by atoms with E-state index in [4.69, 9.17) is 0 Å². The number of hydrogen-bond acceptors (Lipinski definition) is 2. The van der Waals surface area contributed by atoms with E-state index in [0.29, 0.717) is 17.4 Å². The lowest BCUT2D eigenvalue weighted by atomic mass is 10.0. The minimum absolute atomic E-state index is 0.350. The first-order valence-electron chi connectivity index (χ1n) is 8.24. The first-order chi connectivity index (χ1) is 10.1. The van der Waals surface area contributed by atoms with E-state index in [0.717, 1.165) is 44.5 Å². The van der Waals surface area contributed by atoms with Gasteiger partial charge in [-0.1, -0.05) is 25.1 Å². The van der Waals surface area contributed by atoms with Gasteiger partial charge in [0.05, 0.1) is 0 Å². The molecule has 3 heteroatoms. The van der Waals surface area contributed by atoms with Crippen LogP contribution in [0.1, 0.15) is 45.4 Å². The predicted octanol–water partition coefficient (Wildman–Crippen LogP) is 3.67. The first kappa shape index (κ1) is 14.4. The molecule has 114 valence electrons. The van der Waals surface area contributed by atoms with Gasteiger partial charge >= 0.3 is 0 Å². The van der Waals surface area contributed by atoms with Crippen molar-refractivity contribution in [2.24, 2.45) is 5.41 Å². The highest BCUT2D eigenvalue weighted by Gasteiger charge is 2.37. The summed E-state index contributed by atoms with van der Waals surface area (Å²) >= 11 is 0. The summed E-state index contributed by atoms with van der Waals surface area (Å²) < 4.78 is 0. The molecule has 1 saturated heterocycles. The Hall–Kier alpha value is -1.51. The molecule has 3 rings (SSSR count). The largest absolute Gasteiger partial charge is 0.381 e. The van der Waals surface area contributed by atoms with Gasteiger partial charge in [0.15, 0.2) is 0 Å². The van der Waals surface area contributed by atoms with E-state index in [1.165, 1.54) is 12.8 Å². The number of amides is 1. The Morgan fingerprint density at radius 2 is 2.10 bits per heavy atom. The van der Waals surface area contributed by atoms with Crippen molar-refractivity contribution in [2.45, 2.75) is 51.5 Å². The zero-order valence-corrected chi connectivity index (χ0v) is 13.0. The second-order valence-electron chi connectivity index (χ2n) is 7.00.